The number of anilines is 3. The van der Waals surface area contributed by atoms with Crippen molar-refractivity contribution in [3.63, 3.8) is 0 Å². The van der Waals surface area contributed by atoms with Gasteiger partial charge in [-0.25, -0.2) is 9.69 Å². The standard InChI is InChI=1S/C28H21ClF3N3O5/c1-2-14-40-27(39)17-8-12-21(13-9-17)35-25(37)22(29)23(26(35)38)33-19-10-6-16(7-11-19)24(36)34-20-5-3-4-18(15-20)28(30,31)32/h3-13,15,33H,2,14H2,1H3,(H,34,36). The minimum absolute atomic E-state index is 0.0278. The lowest BCUT2D eigenvalue weighted by molar-refractivity contribution is -0.137. The molecule has 2 N–H and O–H groups in total. The van der Waals surface area contributed by atoms with Crippen molar-refractivity contribution in [2.75, 3.05) is 22.1 Å². The number of nitrogens with one attached hydrogen (secondary N) is 2. The van der Waals surface area contributed by atoms with Crippen LogP contribution in [0.1, 0.15) is 39.6 Å². The van der Waals surface area contributed by atoms with Gasteiger partial charge in [0.15, 0.2) is 0 Å². The van der Waals surface area contributed by atoms with Gasteiger partial charge in [0.1, 0.15) is 10.7 Å². The molecule has 12 heteroatoms. The summed E-state index contributed by atoms with van der Waals surface area (Å²) in [7, 11) is 0. The first-order chi connectivity index (χ1) is 19.0. The van der Waals surface area contributed by atoms with Gasteiger partial charge in [-0.3, -0.25) is 14.4 Å². The Labute approximate surface area is 231 Å². The third-order valence-electron chi connectivity index (χ3n) is 5.69. The second kappa shape index (κ2) is 11.6. The minimum Gasteiger partial charge on any atom is -0.462 e. The molecule has 0 aromatic heterocycles. The van der Waals surface area contributed by atoms with Gasteiger partial charge in [-0.05, 0) is 73.2 Å². The van der Waals surface area contributed by atoms with E-state index in [0.717, 1.165) is 17.0 Å². The molecule has 0 unspecified atom stereocenters. The van der Waals surface area contributed by atoms with E-state index in [2.05, 4.69) is 10.6 Å². The summed E-state index contributed by atoms with van der Waals surface area (Å²) in [4.78, 5) is 51.1. The third kappa shape index (κ3) is 6.15. The quantitative estimate of drug-likeness (QED) is 0.255. The molecule has 3 aromatic carbocycles. The molecule has 3 amide bonds. The molecule has 1 aliphatic rings. The van der Waals surface area contributed by atoms with E-state index >= 15 is 0 Å². The van der Waals surface area contributed by atoms with Crippen LogP contribution in [0.5, 0.6) is 0 Å². The molecule has 40 heavy (non-hydrogen) atoms. The highest BCUT2D eigenvalue weighted by molar-refractivity contribution is 6.53. The molecule has 3 aromatic rings. The van der Waals surface area contributed by atoms with E-state index in [1.807, 2.05) is 6.92 Å². The maximum Gasteiger partial charge on any atom is 0.416 e. The van der Waals surface area contributed by atoms with Crippen LogP contribution in [0.2, 0.25) is 0 Å². The Morgan fingerprint density at radius 2 is 1.55 bits per heavy atom. The number of ether oxygens (including phenoxy) is 1. The molecule has 0 bridgehead atoms. The van der Waals surface area contributed by atoms with Crippen LogP contribution >= 0.6 is 11.6 Å². The van der Waals surface area contributed by atoms with E-state index in [1.54, 1.807) is 0 Å². The summed E-state index contributed by atoms with van der Waals surface area (Å²) in [5, 5.41) is 4.81. The number of benzene rings is 3. The van der Waals surface area contributed by atoms with Gasteiger partial charge < -0.3 is 15.4 Å². The van der Waals surface area contributed by atoms with Crippen molar-refractivity contribution < 1.29 is 37.1 Å². The lowest BCUT2D eigenvalue weighted by Gasteiger charge is -2.15. The van der Waals surface area contributed by atoms with Crippen LogP contribution in [-0.4, -0.2) is 30.3 Å². The van der Waals surface area contributed by atoms with Crippen LogP contribution in [0.3, 0.4) is 0 Å². The molecule has 1 aliphatic heterocycles. The number of imide groups is 1. The third-order valence-corrected chi connectivity index (χ3v) is 6.04. The Kier molecular flexibility index (Phi) is 8.24. The molecule has 0 aliphatic carbocycles. The summed E-state index contributed by atoms with van der Waals surface area (Å²) in [6.45, 7) is 2.12. The fourth-order valence-corrected chi connectivity index (χ4v) is 3.91. The smallest absolute Gasteiger partial charge is 0.416 e. The fourth-order valence-electron chi connectivity index (χ4n) is 3.70. The molecule has 8 nitrogen and oxygen atoms in total. The number of esters is 1. The van der Waals surface area contributed by atoms with Gasteiger partial charge in [0.25, 0.3) is 17.7 Å². The Balaban J connectivity index is 1.43. The molecule has 1 heterocycles. The van der Waals surface area contributed by atoms with Gasteiger partial charge in [-0.1, -0.05) is 24.6 Å². The van der Waals surface area contributed by atoms with Gasteiger partial charge in [0, 0.05) is 16.9 Å². The molecular weight excluding hydrogens is 551 g/mol. The summed E-state index contributed by atoms with van der Waals surface area (Å²) in [6.07, 6.45) is -3.89. The zero-order valence-electron chi connectivity index (χ0n) is 20.8. The number of alkyl halides is 3. The van der Waals surface area contributed by atoms with Crippen LogP contribution in [0.4, 0.5) is 30.2 Å². The number of hydrogen-bond donors (Lipinski definition) is 2. The fraction of sp³-hybridized carbons (Fsp3) is 0.143. The van der Waals surface area contributed by atoms with Crippen molar-refractivity contribution in [2.24, 2.45) is 0 Å². The van der Waals surface area contributed by atoms with Gasteiger partial charge in [0.2, 0.25) is 0 Å². The lowest BCUT2D eigenvalue weighted by Crippen LogP contribution is -2.32. The van der Waals surface area contributed by atoms with Crippen molar-refractivity contribution in [2.45, 2.75) is 19.5 Å². The molecule has 0 spiro atoms. The van der Waals surface area contributed by atoms with Crippen LogP contribution < -0.4 is 15.5 Å². The average Bonchev–Trinajstić information content (AvgIpc) is 3.14. The first-order valence-electron chi connectivity index (χ1n) is 11.9. The van der Waals surface area contributed by atoms with Crippen LogP contribution in [0.25, 0.3) is 0 Å². The lowest BCUT2D eigenvalue weighted by atomic mass is 10.1. The number of halogens is 4. The van der Waals surface area contributed by atoms with Crippen LogP contribution in [-0.2, 0) is 20.5 Å². The SMILES string of the molecule is CCCOC(=O)c1ccc(N2C(=O)C(Cl)=C(Nc3ccc(C(=O)Nc4cccc(C(F)(F)F)c4)cc3)C2=O)cc1. The predicted octanol–water partition coefficient (Wildman–Crippen LogP) is 5.96. The highest BCUT2D eigenvalue weighted by Gasteiger charge is 2.39. The monoisotopic (exact) mass is 571 g/mol. The highest BCUT2D eigenvalue weighted by Crippen LogP contribution is 2.32. The zero-order valence-corrected chi connectivity index (χ0v) is 21.6. The Hall–Kier alpha value is -4.64. The van der Waals surface area contributed by atoms with Gasteiger partial charge in [-0.15, -0.1) is 0 Å². The average molecular weight is 572 g/mol. The summed E-state index contributed by atoms with van der Waals surface area (Å²) in [5.74, 6) is -2.68. The molecule has 0 radical (unpaired) electrons. The second-order valence-corrected chi connectivity index (χ2v) is 8.93. The van der Waals surface area contributed by atoms with Crippen molar-refractivity contribution in [3.05, 3.63) is 100 Å². The summed E-state index contributed by atoms with van der Waals surface area (Å²) in [5.41, 5.74) is -0.217. The Morgan fingerprint density at radius 3 is 2.17 bits per heavy atom. The van der Waals surface area contributed by atoms with Crippen LogP contribution in [0.15, 0.2) is 83.5 Å². The van der Waals surface area contributed by atoms with Gasteiger partial charge in [-0.2, -0.15) is 13.2 Å². The molecule has 206 valence electrons. The molecule has 0 fully saturated rings. The highest BCUT2D eigenvalue weighted by atomic mass is 35.5. The summed E-state index contributed by atoms with van der Waals surface area (Å²) < 4.78 is 43.8. The van der Waals surface area contributed by atoms with E-state index in [1.165, 1.54) is 60.7 Å². The minimum atomic E-state index is -4.55. The molecule has 4 rings (SSSR count). The van der Waals surface area contributed by atoms with Crippen molar-refractivity contribution in [3.8, 4) is 0 Å². The molecule has 0 atom stereocenters. The number of nitrogens with zero attached hydrogens (tertiary/aromatic N) is 1. The topological polar surface area (TPSA) is 105 Å². The first-order valence-corrected chi connectivity index (χ1v) is 12.3. The molecule has 0 saturated heterocycles. The van der Waals surface area contributed by atoms with Crippen molar-refractivity contribution >= 4 is 52.4 Å². The Bertz CT molecular complexity index is 1500. The van der Waals surface area contributed by atoms with Gasteiger partial charge in [0.05, 0.1) is 23.4 Å². The number of amides is 3. The molecule has 0 saturated carbocycles. The van der Waals surface area contributed by atoms with E-state index in [4.69, 9.17) is 16.3 Å². The van der Waals surface area contributed by atoms with E-state index in [9.17, 15) is 32.3 Å². The van der Waals surface area contributed by atoms with Crippen molar-refractivity contribution in [1.29, 1.82) is 0 Å². The summed E-state index contributed by atoms with van der Waals surface area (Å²) in [6, 6.07) is 15.6. The van der Waals surface area contributed by atoms with Gasteiger partial charge >= 0.3 is 12.1 Å². The second-order valence-electron chi connectivity index (χ2n) is 8.55. The zero-order chi connectivity index (χ0) is 29.0. The number of carbonyl (C=O) groups excluding carboxylic acids is 4. The maximum absolute atomic E-state index is 13.0. The maximum atomic E-state index is 13.0. The summed E-state index contributed by atoms with van der Waals surface area (Å²) >= 11 is 6.16. The first kappa shape index (κ1) is 28.4. The van der Waals surface area contributed by atoms with Crippen LogP contribution in [0, 0.1) is 0 Å². The number of hydrogen-bond acceptors (Lipinski definition) is 6. The largest absolute Gasteiger partial charge is 0.462 e. The van der Waals surface area contributed by atoms with Crippen molar-refractivity contribution in [1.82, 2.24) is 0 Å². The molecular formula is C28H21ClF3N3O5. The number of rotatable bonds is 8. The van der Waals surface area contributed by atoms with E-state index in [0.29, 0.717) is 12.1 Å². The van der Waals surface area contributed by atoms with E-state index in [-0.39, 0.29) is 39.8 Å². The number of carbonyl (C=O) groups is 4. The Morgan fingerprint density at radius 1 is 0.900 bits per heavy atom. The normalized spacial score (nSPS) is 13.5. The predicted molar refractivity (Wildman–Crippen MR) is 142 cm³/mol. The van der Waals surface area contributed by atoms with E-state index < -0.39 is 35.4 Å².